The predicted octanol–water partition coefficient (Wildman–Crippen LogP) is 1.80. The van der Waals surface area contributed by atoms with E-state index in [4.69, 9.17) is 14.0 Å². The number of hydrogen-bond donors (Lipinski definition) is 1. The van der Waals surface area contributed by atoms with Crippen LogP contribution in [0.2, 0.25) is 0 Å². The highest BCUT2D eigenvalue weighted by molar-refractivity contribution is 5.23. The van der Waals surface area contributed by atoms with Crippen molar-refractivity contribution in [3.05, 3.63) is 47.6 Å². The lowest BCUT2D eigenvalue weighted by molar-refractivity contribution is 0.0353. The maximum absolute atomic E-state index is 13.4. The molecule has 1 atom stereocenters. The summed E-state index contributed by atoms with van der Waals surface area (Å²) in [6, 6.07) is 8.08. The minimum Gasteiger partial charge on any atom is -0.488 e. The fraction of sp³-hybridized carbons (Fsp3) is 0.471. The zero-order valence-corrected chi connectivity index (χ0v) is 13.5. The van der Waals surface area contributed by atoms with Crippen LogP contribution in [0.1, 0.15) is 17.4 Å². The summed E-state index contributed by atoms with van der Waals surface area (Å²) in [4.78, 5) is 2.10. The lowest BCUT2D eigenvalue weighted by Gasteiger charge is -2.39. The van der Waals surface area contributed by atoms with E-state index in [1.165, 1.54) is 6.07 Å². The third-order valence-electron chi connectivity index (χ3n) is 3.98. The molecule has 6 nitrogen and oxygen atoms in total. The number of para-hydroxylation sites is 1. The zero-order chi connectivity index (χ0) is 16.9. The molecule has 1 N–H and O–H groups in total. The van der Waals surface area contributed by atoms with Gasteiger partial charge in [0.25, 0.3) is 0 Å². The Kier molecular flexibility index (Phi) is 5.44. The Morgan fingerprint density at radius 3 is 2.96 bits per heavy atom. The summed E-state index contributed by atoms with van der Waals surface area (Å²) in [6.45, 7) is 2.55. The van der Waals surface area contributed by atoms with Crippen molar-refractivity contribution in [3.8, 4) is 5.75 Å². The van der Waals surface area contributed by atoms with Crippen LogP contribution in [0.25, 0.3) is 0 Å². The second-order valence-corrected chi connectivity index (χ2v) is 5.96. The van der Waals surface area contributed by atoms with E-state index in [1.54, 1.807) is 25.3 Å². The Morgan fingerprint density at radius 1 is 1.42 bits per heavy atom. The first kappa shape index (κ1) is 16.9. The van der Waals surface area contributed by atoms with E-state index in [0.717, 1.165) is 18.8 Å². The van der Waals surface area contributed by atoms with E-state index in [2.05, 4.69) is 10.1 Å². The van der Waals surface area contributed by atoms with Gasteiger partial charge in [-0.25, -0.2) is 4.39 Å². The molecule has 2 heterocycles. The van der Waals surface area contributed by atoms with Gasteiger partial charge >= 0.3 is 0 Å². The van der Waals surface area contributed by atoms with Crippen LogP contribution >= 0.6 is 0 Å². The van der Waals surface area contributed by atoms with Crippen molar-refractivity contribution in [2.75, 3.05) is 33.4 Å². The van der Waals surface area contributed by atoms with E-state index < -0.39 is 11.9 Å². The van der Waals surface area contributed by atoms with Crippen LogP contribution < -0.4 is 4.74 Å². The van der Waals surface area contributed by atoms with Crippen LogP contribution in [0, 0.1) is 5.82 Å². The SMILES string of the molecule is COCc1cc(C2CN(CC(O)COc3ccccc3F)C2)no1. The normalized spacial score (nSPS) is 16.8. The van der Waals surface area contributed by atoms with Gasteiger partial charge < -0.3 is 19.1 Å². The fourth-order valence-electron chi connectivity index (χ4n) is 2.74. The molecule has 0 saturated carbocycles. The van der Waals surface area contributed by atoms with Gasteiger partial charge in [-0.05, 0) is 12.1 Å². The number of likely N-dealkylation sites (tertiary alicyclic amines) is 1. The molecule has 1 aliphatic heterocycles. The minimum atomic E-state index is -0.674. The second-order valence-electron chi connectivity index (χ2n) is 5.96. The van der Waals surface area contributed by atoms with E-state index in [-0.39, 0.29) is 12.4 Å². The lowest BCUT2D eigenvalue weighted by atomic mass is 9.96. The average Bonchev–Trinajstić information content (AvgIpc) is 2.98. The molecule has 0 spiro atoms. The molecule has 1 aliphatic rings. The van der Waals surface area contributed by atoms with E-state index in [0.29, 0.717) is 24.8 Å². The number of aliphatic hydroxyl groups is 1. The molecule has 3 rings (SSSR count). The first-order valence-corrected chi connectivity index (χ1v) is 7.88. The molecule has 0 amide bonds. The highest BCUT2D eigenvalue weighted by atomic mass is 19.1. The molecular weight excluding hydrogens is 315 g/mol. The topological polar surface area (TPSA) is 68.0 Å². The molecule has 0 aliphatic carbocycles. The van der Waals surface area contributed by atoms with Crippen molar-refractivity contribution in [2.45, 2.75) is 18.6 Å². The summed E-state index contributed by atoms with van der Waals surface area (Å²) in [7, 11) is 1.61. The predicted molar refractivity (Wildman–Crippen MR) is 84.3 cm³/mol. The highest BCUT2D eigenvalue weighted by Gasteiger charge is 2.31. The third-order valence-corrected chi connectivity index (χ3v) is 3.98. The van der Waals surface area contributed by atoms with Gasteiger partial charge in [0.15, 0.2) is 17.3 Å². The summed E-state index contributed by atoms with van der Waals surface area (Å²) in [6.07, 6.45) is -0.674. The van der Waals surface area contributed by atoms with Gasteiger partial charge in [0, 0.05) is 38.7 Å². The number of halogens is 1. The Morgan fingerprint density at radius 2 is 2.21 bits per heavy atom. The third kappa shape index (κ3) is 4.11. The number of ether oxygens (including phenoxy) is 2. The summed E-state index contributed by atoms with van der Waals surface area (Å²) in [5.41, 5.74) is 0.912. The molecule has 0 bridgehead atoms. The van der Waals surface area contributed by atoms with Crippen molar-refractivity contribution >= 4 is 0 Å². The Balaban J connectivity index is 1.39. The van der Waals surface area contributed by atoms with E-state index in [9.17, 15) is 9.50 Å². The van der Waals surface area contributed by atoms with Crippen LogP contribution in [0.3, 0.4) is 0 Å². The van der Waals surface area contributed by atoms with Gasteiger partial charge in [-0.1, -0.05) is 17.3 Å². The van der Waals surface area contributed by atoms with Crippen LogP contribution in [-0.2, 0) is 11.3 Å². The molecule has 2 aromatic rings. The number of hydrogen-bond acceptors (Lipinski definition) is 6. The molecule has 1 saturated heterocycles. The summed E-state index contributed by atoms with van der Waals surface area (Å²) in [5.74, 6) is 0.751. The Hall–Kier alpha value is -1.96. The molecule has 130 valence electrons. The minimum absolute atomic E-state index is 0.0596. The van der Waals surface area contributed by atoms with Gasteiger partial charge in [0.05, 0.1) is 5.69 Å². The van der Waals surface area contributed by atoms with Crippen LogP contribution in [0.4, 0.5) is 4.39 Å². The molecule has 0 radical (unpaired) electrons. The molecule has 24 heavy (non-hydrogen) atoms. The van der Waals surface area contributed by atoms with E-state index >= 15 is 0 Å². The molecular formula is C17H21FN2O4. The number of nitrogens with zero attached hydrogens (tertiary/aromatic N) is 2. The van der Waals surface area contributed by atoms with Gasteiger partial charge in [-0.15, -0.1) is 0 Å². The number of β-amino-alcohol motifs (C(OH)–C–C–N with tert-alkyl or cyclic N) is 1. The van der Waals surface area contributed by atoms with Gasteiger partial charge in [0.2, 0.25) is 0 Å². The largest absolute Gasteiger partial charge is 0.488 e. The van der Waals surface area contributed by atoms with Crippen molar-refractivity contribution in [3.63, 3.8) is 0 Å². The number of methoxy groups -OCH3 is 1. The van der Waals surface area contributed by atoms with Crippen LogP contribution in [0.15, 0.2) is 34.9 Å². The van der Waals surface area contributed by atoms with E-state index in [1.807, 2.05) is 6.07 Å². The average molecular weight is 336 g/mol. The van der Waals surface area contributed by atoms with Crippen molar-refractivity contribution < 1.29 is 23.5 Å². The van der Waals surface area contributed by atoms with Crippen molar-refractivity contribution in [1.29, 1.82) is 0 Å². The maximum atomic E-state index is 13.4. The van der Waals surface area contributed by atoms with Crippen molar-refractivity contribution in [1.82, 2.24) is 10.1 Å². The van der Waals surface area contributed by atoms with Gasteiger partial charge in [0.1, 0.15) is 19.3 Å². The maximum Gasteiger partial charge on any atom is 0.165 e. The summed E-state index contributed by atoms with van der Waals surface area (Å²) >= 11 is 0. The molecule has 1 aromatic heterocycles. The standard InChI is InChI=1S/C17H21FN2O4/c1-22-11-14-6-16(19-24-14)12-7-20(8-12)9-13(21)10-23-17-5-3-2-4-15(17)18/h2-6,12-13,21H,7-11H2,1H3. The smallest absolute Gasteiger partial charge is 0.165 e. The second kappa shape index (κ2) is 7.74. The van der Waals surface area contributed by atoms with Gasteiger partial charge in [-0.2, -0.15) is 0 Å². The number of rotatable bonds is 8. The zero-order valence-electron chi connectivity index (χ0n) is 13.5. The molecule has 1 fully saturated rings. The first-order chi connectivity index (χ1) is 11.7. The van der Waals surface area contributed by atoms with Crippen LogP contribution in [0.5, 0.6) is 5.75 Å². The Bertz CT molecular complexity index is 658. The number of aliphatic hydroxyl groups excluding tert-OH is 1. The fourth-order valence-corrected chi connectivity index (χ4v) is 2.74. The number of benzene rings is 1. The quantitative estimate of drug-likeness (QED) is 0.793. The Labute approximate surface area is 139 Å². The number of aromatic nitrogens is 1. The highest BCUT2D eigenvalue weighted by Crippen LogP contribution is 2.27. The lowest BCUT2D eigenvalue weighted by Crippen LogP contribution is -2.49. The first-order valence-electron chi connectivity index (χ1n) is 7.88. The summed E-state index contributed by atoms with van der Waals surface area (Å²) < 4.78 is 28.9. The van der Waals surface area contributed by atoms with Crippen molar-refractivity contribution in [2.24, 2.45) is 0 Å². The molecule has 1 aromatic carbocycles. The van der Waals surface area contributed by atoms with Crippen LogP contribution in [-0.4, -0.2) is 54.6 Å². The molecule has 7 heteroatoms. The molecule has 1 unspecified atom stereocenters. The monoisotopic (exact) mass is 336 g/mol. The summed E-state index contributed by atoms with van der Waals surface area (Å²) in [5, 5.41) is 14.1. The van der Waals surface area contributed by atoms with Gasteiger partial charge in [-0.3, -0.25) is 4.90 Å².